The summed E-state index contributed by atoms with van der Waals surface area (Å²) in [6, 6.07) is 16.2. The lowest BCUT2D eigenvalue weighted by Crippen LogP contribution is -2.18. The average Bonchev–Trinajstić information content (AvgIpc) is 2.78. The van der Waals surface area contributed by atoms with Gasteiger partial charge in [-0.3, -0.25) is 0 Å². The summed E-state index contributed by atoms with van der Waals surface area (Å²) in [4.78, 5) is 0.615. The summed E-state index contributed by atoms with van der Waals surface area (Å²) in [5.41, 5.74) is 3.66. The Morgan fingerprint density at radius 1 is 0.895 bits per heavy atom. The molecule has 0 saturated carbocycles. The number of benzene rings is 2. The van der Waals surface area contributed by atoms with Crippen molar-refractivity contribution in [2.45, 2.75) is 19.3 Å². The highest BCUT2D eigenvalue weighted by Crippen LogP contribution is 2.32. The maximum atomic E-state index is 9.26. The number of fused-ring (bicyclic) bond motifs is 1. The van der Waals surface area contributed by atoms with E-state index < -0.39 is 0 Å². The number of hydrogen-bond donors (Lipinski definition) is 1. The van der Waals surface area contributed by atoms with Crippen molar-refractivity contribution in [3.8, 4) is 0 Å². The molecule has 1 aromatic heterocycles. The van der Waals surface area contributed by atoms with Crippen LogP contribution in [0.4, 0.5) is 0 Å². The van der Waals surface area contributed by atoms with Crippen LogP contribution >= 0.6 is 0 Å². The van der Waals surface area contributed by atoms with E-state index in [1.807, 2.05) is 36.4 Å². The van der Waals surface area contributed by atoms with Crippen molar-refractivity contribution < 1.29 is 5.21 Å². The van der Waals surface area contributed by atoms with Crippen molar-refractivity contribution in [1.82, 2.24) is 15.2 Å². The van der Waals surface area contributed by atoms with Crippen LogP contribution in [0.15, 0.2) is 48.5 Å². The Balaban J connectivity index is 2.12. The first-order valence-electron chi connectivity index (χ1n) is 6.20. The summed E-state index contributed by atoms with van der Waals surface area (Å²) in [5.74, 6) is 0. The Morgan fingerprint density at radius 3 is 2.32 bits per heavy atom. The Labute approximate surface area is 111 Å². The Morgan fingerprint density at radius 2 is 1.58 bits per heavy atom. The molecule has 0 radical (unpaired) electrons. The summed E-state index contributed by atoms with van der Waals surface area (Å²) in [6.07, 6.45) is 0. The van der Waals surface area contributed by atoms with E-state index in [-0.39, 0.29) is 5.41 Å². The fourth-order valence-electron chi connectivity index (χ4n) is 2.31. The molecule has 1 heterocycles. The molecule has 0 bridgehead atoms. The van der Waals surface area contributed by atoms with Gasteiger partial charge in [-0.2, -0.15) is 0 Å². The minimum atomic E-state index is -0.116. The molecule has 0 atom stereocenters. The molecule has 4 heteroatoms. The second-order valence-electron chi connectivity index (χ2n) is 5.16. The van der Waals surface area contributed by atoms with Crippen LogP contribution in [0.25, 0.3) is 11.0 Å². The fraction of sp³-hybridized carbons (Fsp3) is 0.200. The maximum absolute atomic E-state index is 9.26. The van der Waals surface area contributed by atoms with Crippen molar-refractivity contribution in [2.24, 2.45) is 0 Å². The van der Waals surface area contributed by atoms with E-state index in [4.69, 9.17) is 0 Å². The van der Waals surface area contributed by atoms with Gasteiger partial charge in [-0.1, -0.05) is 50.2 Å². The van der Waals surface area contributed by atoms with E-state index in [9.17, 15) is 5.21 Å². The first-order valence-corrected chi connectivity index (χ1v) is 6.20. The van der Waals surface area contributed by atoms with Crippen LogP contribution in [0.2, 0.25) is 0 Å². The third-order valence-electron chi connectivity index (χ3n) is 3.59. The number of rotatable bonds is 2. The number of nitrogens with zero attached hydrogens (tertiary/aromatic N) is 3. The van der Waals surface area contributed by atoms with Crippen molar-refractivity contribution in [3.05, 3.63) is 59.7 Å². The molecule has 0 amide bonds. The standard InChI is InChI=1S/C15H15N3O/c1-15(2,11-6-4-3-5-7-11)12-8-9-13-14(10-12)17-18(19)16-13/h3-10,19H,1-2H3. The summed E-state index contributed by atoms with van der Waals surface area (Å²) in [7, 11) is 0. The van der Waals surface area contributed by atoms with Crippen molar-refractivity contribution in [2.75, 3.05) is 0 Å². The van der Waals surface area contributed by atoms with Crippen LogP contribution in [0.1, 0.15) is 25.0 Å². The van der Waals surface area contributed by atoms with Crippen molar-refractivity contribution in [1.29, 1.82) is 0 Å². The van der Waals surface area contributed by atoms with Crippen LogP contribution in [0.3, 0.4) is 0 Å². The molecule has 3 rings (SSSR count). The van der Waals surface area contributed by atoms with E-state index in [1.165, 1.54) is 5.56 Å². The lowest BCUT2D eigenvalue weighted by Gasteiger charge is -2.25. The van der Waals surface area contributed by atoms with Gasteiger partial charge < -0.3 is 5.21 Å². The minimum Gasteiger partial charge on any atom is -0.396 e. The Kier molecular flexibility index (Phi) is 2.52. The van der Waals surface area contributed by atoms with Crippen molar-refractivity contribution in [3.63, 3.8) is 0 Å². The molecule has 0 aliphatic carbocycles. The van der Waals surface area contributed by atoms with Gasteiger partial charge in [0.05, 0.1) is 0 Å². The number of hydrogen-bond acceptors (Lipinski definition) is 3. The molecule has 4 nitrogen and oxygen atoms in total. The van der Waals surface area contributed by atoms with Crippen LogP contribution in [0, 0.1) is 0 Å². The zero-order valence-corrected chi connectivity index (χ0v) is 10.9. The monoisotopic (exact) mass is 253 g/mol. The molecule has 0 aliphatic heterocycles. The topological polar surface area (TPSA) is 50.9 Å². The van der Waals surface area contributed by atoms with Crippen LogP contribution < -0.4 is 0 Å². The molecule has 0 fully saturated rings. The van der Waals surface area contributed by atoms with E-state index in [0.717, 1.165) is 5.56 Å². The van der Waals surface area contributed by atoms with Gasteiger partial charge in [-0.05, 0) is 28.2 Å². The zero-order valence-electron chi connectivity index (χ0n) is 10.9. The first kappa shape index (κ1) is 11.7. The van der Waals surface area contributed by atoms with Crippen LogP contribution in [0.5, 0.6) is 0 Å². The minimum absolute atomic E-state index is 0.116. The van der Waals surface area contributed by atoms with E-state index in [0.29, 0.717) is 16.0 Å². The summed E-state index contributed by atoms with van der Waals surface area (Å²) < 4.78 is 0. The predicted molar refractivity (Wildman–Crippen MR) is 73.3 cm³/mol. The zero-order chi connectivity index (χ0) is 13.5. The van der Waals surface area contributed by atoms with Gasteiger partial charge in [-0.15, -0.1) is 10.2 Å². The normalized spacial score (nSPS) is 11.9. The molecular formula is C15H15N3O. The highest BCUT2D eigenvalue weighted by Gasteiger charge is 2.23. The SMILES string of the molecule is CC(C)(c1ccccc1)c1ccc2nn(O)nc2c1. The van der Waals surface area contributed by atoms with Gasteiger partial charge in [0.15, 0.2) is 0 Å². The molecule has 0 spiro atoms. The van der Waals surface area contributed by atoms with Gasteiger partial charge in [0, 0.05) is 5.41 Å². The molecule has 0 unspecified atom stereocenters. The summed E-state index contributed by atoms with van der Waals surface area (Å²) in [6.45, 7) is 4.35. The highest BCUT2D eigenvalue weighted by atomic mass is 16.5. The van der Waals surface area contributed by atoms with Crippen molar-refractivity contribution >= 4 is 11.0 Å². The third-order valence-corrected chi connectivity index (χ3v) is 3.59. The molecule has 1 N–H and O–H groups in total. The molecular weight excluding hydrogens is 238 g/mol. The molecule has 0 saturated heterocycles. The molecule has 0 aliphatic rings. The summed E-state index contributed by atoms with van der Waals surface area (Å²) >= 11 is 0. The maximum Gasteiger partial charge on any atom is 0.117 e. The Hall–Kier alpha value is -2.36. The van der Waals surface area contributed by atoms with E-state index >= 15 is 0 Å². The Bertz CT molecular complexity index is 717. The van der Waals surface area contributed by atoms with Gasteiger partial charge in [-0.25, -0.2) is 0 Å². The molecule has 19 heavy (non-hydrogen) atoms. The predicted octanol–water partition coefficient (Wildman–Crippen LogP) is 2.99. The highest BCUT2D eigenvalue weighted by molar-refractivity contribution is 5.74. The summed E-state index contributed by atoms with van der Waals surface area (Å²) in [5, 5.41) is 17.1. The van der Waals surface area contributed by atoms with Crippen LogP contribution in [-0.2, 0) is 5.41 Å². The molecule has 3 aromatic rings. The van der Waals surface area contributed by atoms with Gasteiger partial charge in [0.25, 0.3) is 0 Å². The number of aromatic nitrogens is 3. The fourth-order valence-corrected chi connectivity index (χ4v) is 2.31. The van der Waals surface area contributed by atoms with E-state index in [1.54, 1.807) is 0 Å². The van der Waals surface area contributed by atoms with Gasteiger partial charge >= 0.3 is 0 Å². The van der Waals surface area contributed by atoms with Crippen LogP contribution in [-0.4, -0.2) is 20.4 Å². The third kappa shape index (κ3) is 1.95. The average molecular weight is 253 g/mol. The molecule has 2 aromatic carbocycles. The lowest BCUT2D eigenvalue weighted by molar-refractivity contribution is 0.113. The second kappa shape index (κ2) is 4.09. The van der Waals surface area contributed by atoms with Gasteiger partial charge in [0.1, 0.15) is 11.0 Å². The van der Waals surface area contributed by atoms with Gasteiger partial charge in [0.2, 0.25) is 0 Å². The smallest absolute Gasteiger partial charge is 0.117 e. The molecule has 96 valence electrons. The largest absolute Gasteiger partial charge is 0.396 e. The second-order valence-corrected chi connectivity index (χ2v) is 5.16. The lowest BCUT2D eigenvalue weighted by atomic mass is 9.78. The first-order chi connectivity index (χ1) is 9.07. The van der Waals surface area contributed by atoms with E-state index in [2.05, 4.69) is 36.2 Å². The quantitative estimate of drug-likeness (QED) is 0.714.